The van der Waals surface area contributed by atoms with E-state index in [1.54, 1.807) is 22.8 Å². The third-order valence-corrected chi connectivity index (χ3v) is 3.93. The van der Waals surface area contributed by atoms with Crippen LogP contribution in [0.25, 0.3) is 11.0 Å². The van der Waals surface area contributed by atoms with Crippen molar-refractivity contribution in [2.45, 2.75) is 39.2 Å². The van der Waals surface area contributed by atoms with Gasteiger partial charge < -0.3 is 25.7 Å². The minimum atomic E-state index is -4.77. The second kappa shape index (κ2) is 7.77. The number of carbonyl (C=O) groups is 1. The van der Waals surface area contributed by atoms with Crippen LogP contribution in [0.2, 0.25) is 0 Å². The van der Waals surface area contributed by atoms with Gasteiger partial charge in [-0.3, -0.25) is 4.79 Å². The van der Waals surface area contributed by atoms with Gasteiger partial charge in [-0.05, 0) is 63.2 Å². The zero-order chi connectivity index (χ0) is 22.1. The SMILES string of the molecule is CC(C)(C)Nc1nc2cc(N)ccc2n1CC(=O)Nc1ccc(OC(F)(F)F)cc1. The number of nitrogen functional groups attached to an aromatic ring is 1. The highest BCUT2D eigenvalue weighted by Crippen LogP contribution is 2.26. The van der Waals surface area contributed by atoms with Gasteiger partial charge in [0, 0.05) is 16.9 Å². The molecule has 0 saturated carbocycles. The van der Waals surface area contributed by atoms with Crippen LogP contribution in [0.3, 0.4) is 0 Å². The number of nitrogens with zero attached hydrogens (tertiary/aromatic N) is 2. The molecule has 3 aromatic rings. The molecule has 10 heteroatoms. The highest BCUT2D eigenvalue weighted by atomic mass is 19.4. The summed E-state index contributed by atoms with van der Waals surface area (Å²) in [5, 5.41) is 5.92. The van der Waals surface area contributed by atoms with E-state index in [2.05, 4.69) is 20.4 Å². The Hall–Kier alpha value is -3.43. The molecule has 1 aromatic heterocycles. The Labute approximate surface area is 171 Å². The summed E-state index contributed by atoms with van der Waals surface area (Å²) in [5.74, 6) is -0.227. The zero-order valence-corrected chi connectivity index (χ0v) is 16.7. The molecule has 0 spiro atoms. The fourth-order valence-corrected chi connectivity index (χ4v) is 2.82. The lowest BCUT2D eigenvalue weighted by molar-refractivity contribution is -0.274. The van der Waals surface area contributed by atoms with Crippen LogP contribution in [0.4, 0.5) is 30.5 Å². The minimum Gasteiger partial charge on any atom is -0.406 e. The minimum absolute atomic E-state index is 0.0559. The smallest absolute Gasteiger partial charge is 0.406 e. The standard InChI is InChI=1S/C20H22F3N5O2/c1-19(2,3)27-18-26-15-10-12(24)4-9-16(15)28(18)11-17(29)25-13-5-7-14(8-6-13)30-20(21,22)23/h4-10H,11,24H2,1-3H3,(H,25,29)(H,26,27). The first-order valence-electron chi connectivity index (χ1n) is 9.09. The van der Waals surface area contributed by atoms with Crippen molar-refractivity contribution >= 4 is 34.3 Å². The molecule has 1 heterocycles. The van der Waals surface area contributed by atoms with Gasteiger partial charge >= 0.3 is 6.36 Å². The molecular weight excluding hydrogens is 399 g/mol. The van der Waals surface area contributed by atoms with Crippen LogP contribution in [-0.4, -0.2) is 27.4 Å². The van der Waals surface area contributed by atoms with Crippen molar-refractivity contribution < 1.29 is 22.7 Å². The normalized spacial score (nSPS) is 12.1. The number of fused-ring (bicyclic) bond motifs is 1. The predicted octanol–water partition coefficient (Wildman–Crippen LogP) is 4.37. The zero-order valence-electron chi connectivity index (χ0n) is 16.7. The largest absolute Gasteiger partial charge is 0.573 e. The average molecular weight is 421 g/mol. The van der Waals surface area contributed by atoms with Crippen LogP contribution < -0.4 is 21.1 Å². The van der Waals surface area contributed by atoms with Crippen LogP contribution in [0.5, 0.6) is 5.75 Å². The van der Waals surface area contributed by atoms with Crippen molar-refractivity contribution in [1.29, 1.82) is 0 Å². The van der Waals surface area contributed by atoms with Crippen molar-refractivity contribution in [2.24, 2.45) is 0 Å². The summed E-state index contributed by atoms with van der Waals surface area (Å²) in [4.78, 5) is 17.1. The number of anilines is 3. The van der Waals surface area contributed by atoms with Gasteiger partial charge in [0.2, 0.25) is 11.9 Å². The fraction of sp³-hybridized carbons (Fsp3) is 0.300. The number of nitrogens with one attached hydrogen (secondary N) is 2. The number of benzene rings is 2. The molecule has 0 atom stereocenters. The van der Waals surface area contributed by atoms with E-state index < -0.39 is 6.36 Å². The van der Waals surface area contributed by atoms with E-state index in [0.717, 1.165) is 17.6 Å². The lowest BCUT2D eigenvalue weighted by atomic mass is 10.1. The van der Waals surface area contributed by atoms with E-state index in [4.69, 9.17) is 5.73 Å². The van der Waals surface area contributed by atoms with Gasteiger partial charge in [0.25, 0.3) is 0 Å². The van der Waals surface area contributed by atoms with Crippen LogP contribution in [0, 0.1) is 0 Å². The molecule has 30 heavy (non-hydrogen) atoms. The van der Waals surface area contributed by atoms with E-state index in [1.807, 2.05) is 20.8 Å². The molecule has 1 amide bonds. The van der Waals surface area contributed by atoms with Crippen LogP contribution in [0.15, 0.2) is 42.5 Å². The summed E-state index contributed by atoms with van der Waals surface area (Å²) in [5.41, 5.74) is 7.80. The third-order valence-electron chi connectivity index (χ3n) is 3.93. The second-order valence-corrected chi connectivity index (χ2v) is 7.77. The van der Waals surface area contributed by atoms with Crippen molar-refractivity contribution in [3.8, 4) is 5.75 Å². The number of carbonyl (C=O) groups excluding carboxylic acids is 1. The molecule has 4 N–H and O–H groups in total. The van der Waals surface area contributed by atoms with Gasteiger partial charge in [0.15, 0.2) is 0 Å². The number of halogens is 3. The summed E-state index contributed by atoms with van der Waals surface area (Å²) in [7, 11) is 0. The third kappa shape index (κ3) is 5.56. The number of aromatic nitrogens is 2. The summed E-state index contributed by atoms with van der Waals surface area (Å²) >= 11 is 0. The molecule has 0 aliphatic carbocycles. The summed E-state index contributed by atoms with van der Waals surface area (Å²) < 4.78 is 42.3. The molecule has 7 nitrogen and oxygen atoms in total. The predicted molar refractivity (Wildman–Crippen MR) is 109 cm³/mol. The van der Waals surface area contributed by atoms with Crippen molar-refractivity contribution in [3.05, 3.63) is 42.5 Å². The van der Waals surface area contributed by atoms with E-state index >= 15 is 0 Å². The Bertz CT molecular complexity index is 1050. The van der Waals surface area contributed by atoms with Gasteiger partial charge in [0.05, 0.1) is 11.0 Å². The maximum absolute atomic E-state index is 12.6. The van der Waals surface area contributed by atoms with Gasteiger partial charge in [-0.2, -0.15) is 0 Å². The first-order valence-corrected chi connectivity index (χ1v) is 9.09. The van der Waals surface area contributed by atoms with E-state index in [1.165, 1.54) is 12.1 Å². The molecule has 0 saturated heterocycles. The van der Waals surface area contributed by atoms with E-state index in [-0.39, 0.29) is 23.7 Å². The number of nitrogens with two attached hydrogens (primary N) is 1. The van der Waals surface area contributed by atoms with Gasteiger partial charge in [0.1, 0.15) is 12.3 Å². The summed E-state index contributed by atoms with van der Waals surface area (Å²) in [6.07, 6.45) is -4.77. The molecule has 160 valence electrons. The van der Waals surface area contributed by atoms with Crippen molar-refractivity contribution in [1.82, 2.24) is 9.55 Å². The Balaban J connectivity index is 1.79. The highest BCUT2D eigenvalue weighted by molar-refractivity contribution is 5.92. The number of rotatable bonds is 5. The molecular formula is C20H22F3N5O2. The average Bonchev–Trinajstić information content (AvgIpc) is 2.89. The van der Waals surface area contributed by atoms with E-state index in [0.29, 0.717) is 22.8 Å². The first-order chi connectivity index (χ1) is 13.9. The van der Waals surface area contributed by atoms with Gasteiger partial charge in [-0.15, -0.1) is 13.2 Å². The monoisotopic (exact) mass is 421 g/mol. The number of ether oxygens (including phenoxy) is 1. The Morgan fingerprint density at radius 2 is 1.80 bits per heavy atom. The number of hydrogen-bond donors (Lipinski definition) is 3. The van der Waals surface area contributed by atoms with Crippen molar-refractivity contribution in [2.75, 3.05) is 16.4 Å². The molecule has 0 fully saturated rings. The molecule has 3 rings (SSSR count). The summed E-state index contributed by atoms with van der Waals surface area (Å²) in [6.45, 7) is 5.85. The van der Waals surface area contributed by atoms with Crippen LogP contribution in [0.1, 0.15) is 20.8 Å². The lowest BCUT2D eigenvalue weighted by Crippen LogP contribution is -2.29. The maximum Gasteiger partial charge on any atom is 0.573 e. The molecule has 0 bridgehead atoms. The van der Waals surface area contributed by atoms with Crippen LogP contribution >= 0.6 is 0 Å². The number of amides is 1. The quantitative estimate of drug-likeness (QED) is 0.532. The molecule has 0 radical (unpaired) electrons. The molecule has 0 aliphatic heterocycles. The molecule has 2 aromatic carbocycles. The lowest BCUT2D eigenvalue weighted by Gasteiger charge is -2.22. The Kier molecular flexibility index (Phi) is 5.51. The highest BCUT2D eigenvalue weighted by Gasteiger charge is 2.31. The Morgan fingerprint density at radius 1 is 1.13 bits per heavy atom. The number of imidazole rings is 1. The number of hydrogen-bond acceptors (Lipinski definition) is 5. The topological polar surface area (TPSA) is 94.2 Å². The van der Waals surface area contributed by atoms with Crippen molar-refractivity contribution in [3.63, 3.8) is 0 Å². The maximum atomic E-state index is 12.6. The summed E-state index contributed by atoms with van der Waals surface area (Å²) in [6, 6.07) is 10.1. The fourth-order valence-electron chi connectivity index (χ4n) is 2.82. The molecule has 0 unspecified atom stereocenters. The van der Waals surface area contributed by atoms with E-state index in [9.17, 15) is 18.0 Å². The second-order valence-electron chi connectivity index (χ2n) is 7.77. The number of alkyl halides is 3. The van der Waals surface area contributed by atoms with Gasteiger partial charge in [-0.1, -0.05) is 0 Å². The first kappa shape index (κ1) is 21.3. The van der Waals surface area contributed by atoms with Gasteiger partial charge in [-0.25, -0.2) is 4.98 Å². The molecule has 0 aliphatic rings. The van der Waals surface area contributed by atoms with Crippen LogP contribution in [-0.2, 0) is 11.3 Å². The Morgan fingerprint density at radius 3 is 2.40 bits per heavy atom.